The van der Waals surface area contributed by atoms with Gasteiger partial charge in [-0.1, -0.05) is 41.2 Å². The first-order chi connectivity index (χ1) is 13.9. The van der Waals surface area contributed by atoms with Crippen LogP contribution in [0.4, 0.5) is 9.52 Å². The first-order valence-corrected chi connectivity index (χ1v) is 9.62. The van der Waals surface area contributed by atoms with Crippen LogP contribution in [0.25, 0.3) is 5.76 Å². The zero-order valence-corrected chi connectivity index (χ0v) is 16.4. The Labute approximate surface area is 169 Å². The summed E-state index contributed by atoms with van der Waals surface area (Å²) in [5.74, 6) is -2.46. The lowest BCUT2D eigenvalue weighted by atomic mass is 9.95. The van der Waals surface area contributed by atoms with Crippen LogP contribution in [0.5, 0.6) is 0 Å². The largest absolute Gasteiger partial charge is 0.507 e. The number of aliphatic hydroxyl groups excluding tert-OH is 1. The predicted octanol–water partition coefficient (Wildman–Crippen LogP) is 3.92. The molecule has 1 aliphatic rings. The van der Waals surface area contributed by atoms with E-state index in [1.807, 2.05) is 19.1 Å². The molecule has 2 aromatic carbocycles. The van der Waals surface area contributed by atoms with Gasteiger partial charge in [0.1, 0.15) is 16.6 Å². The van der Waals surface area contributed by atoms with Crippen molar-refractivity contribution in [3.05, 3.63) is 81.6 Å². The molecule has 4 rings (SSSR count). The summed E-state index contributed by atoms with van der Waals surface area (Å²) in [6.07, 6.45) is 0. The third-order valence-electron chi connectivity index (χ3n) is 4.68. The first kappa shape index (κ1) is 18.9. The van der Waals surface area contributed by atoms with Gasteiger partial charge < -0.3 is 5.11 Å². The first-order valence-electron chi connectivity index (χ1n) is 8.80. The number of benzene rings is 2. The van der Waals surface area contributed by atoms with E-state index in [1.54, 1.807) is 19.1 Å². The average molecular weight is 409 g/mol. The highest BCUT2D eigenvalue weighted by Gasteiger charge is 2.48. The number of nitrogens with zero attached hydrogens (tertiary/aromatic N) is 3. The summed E-state index contributed by atoms with van der Waals surface area (Å²) in [5.41, 5.74) is 1.83. The maximum Gasteiger partial charge on any atom is 0.301 e. The van der Waals surface area contributed by atoms with E-state index in [9.17, 15) is 19.1 Å². The Bertz CT molecular complexity index is 1140. The molecule has 3 aromatic rings. The van der Waals surface area contributed by atoms with Crippen molar-refractivity contribution in [2.45, 2.75) is 19.9 Å². The molecule has 0 saturated carbocycles. The fourth-order valence-electron chi connectivity index (χ4n) is 3.24. The number of aromatic nitrogens is 2. The zero-order chi connectivity index (χ0) is 20.7. The molecule has 29 heavy (non-hydrogen) atoms. The van der Waals surface area contributed by atoms with Gasteiger partial charge in [-0.25, -0.2) is 4.39 Å². The Morgan fingerprint density at radius 2 is 1.69 bits per heavy atom. The maximum atomic E-state index is 13.3. The average Bonchev–Trinajstić information content (AvgIpc) is 3.24. The summed E-state index contributed by atoms with van der Waals surface area (Å²) in [5, 5.41) is 19.8. The van der Waals surface area contributed by atoms with Crippen LogP contribution < -0.4 is 4.90 Å². The van der Waals surface area contributed by atoms with Crippen molar-refractivity contribution < 1.29 is 19.1 Å². The van der Waals surface area contributed by atoms with Crippen molar-refractivity contribution in [1.29, 1.82) is 0 Å². The maximum absolute atomic E-state index is 13.3. The van der Waals surface area contributed by atoms with Crippen molar-refractivity contribution in [3.63, 3.8) is 0 Å². The molecule has 6 nitrogen and oxygen atoms in total. The van der Waals surface area contributed by atoms with Crippen LogP contribution in [-0.2, 0) is 9.59 Å². The van der Waals surface area contributed by atoms with Crippen molar-refractivity contribution in [1.82, 2.24) is 10.2 Å². The van der Waals surface area contributed by atoms with E-state index in [1.165, 1.54) is 40.5 Å². The summed E-state index contributed by atoms with van der Waals surface area (Å²) in [4.78, 5) is 27.0. The minimum atomic E-state index is -0.868. The lowest BCUT2D eigenvalue weighted by Gasteiger charge is -2.22. The highest BCUT2D eigenvalue weighted by Crippen LogP contribution is 2.42. The lowest BCUT2D eigenvalue weighted by Crippen LogP contribution is -2.29. The summed E-state index contributed by atoms with van der Waals surface area (Å²) in [6.45, 7) is 3.67. The van der Waals surface area contributed by atoms with E-state index < -0.39 is 23.5 Å². The lowest BCUT2D eigenvalue weighted by molar-refractivity contribution is -0.132. The van der Waals surface area contributed by atoms with Gasteiger partial charge in [0.2, 0.25) is 5.13 Å². The van der Waals surface area contributed by atoms with Gasteiger partial charge in [-0.3, -0.25) is 14.5 Å². The molecule has 1 N–H and O–H groups in total. The second-order valence-corrected chi connectivity index (χ2v) is 7.85. The molecule has 0 spiro atoms. The Morgan fingerprint density at radius 3 is 2.28 bits per heavy atom. The number of anilines is 1. The van der Waals surface area contributed by atoms with E-state index in [0.29, 0.717) is 10.6 Å². The SMILES string of the molecule is Cc1ccc(C2/C(=C(\O)c3ccc(F)cc3)C(=O)C(=O)N2c2nnc(C)s2)cc1. The van der Waals surface area contributed by atoms with Crippen LogP contribution in [0, 0.1) is 19.7 Å². The molecule has 0 bridgehead atoms. The molecule has 1 amide bonds. The molecular weight excluding hydrogens is 393 g/mol. The van der Waals surface area contributed by atoms with Gasteiger partial charge in [0.15, 0.2) is 0 Å². The number of aliphatic hydroxyl groups is 1. The summed E-state index contributed by atoms with van der Waals surface area (Å²) < 4.78 is 13.3. The molecule has 1 fully saturated rings. The van der Waals surface area contributed by atoms with Crippen LogP contribution in [0.2, 0.25) is 0 Å². The zero-order valence-electron chi connectivity index (χ0n) is 15.6. The van der Waals surface area contributed by atoms with Crippen LogP contribution in [0.1, 0.15) is 27.7 Å². The molecule has 8 heteroatoms. The van der Waals surface area contributed by atoms with Crippen LogP contribution >= 0.6 is 11.3 Å². The molecule has 1 saturated heterocycles. The molecular formula is C21H16FN3O3S. The molecule has 0 radical (unpaired) electrons. The number of Topliss-reactive ketones (excluding diaryl/α,β-unsaturated/α-hetero) is 1. The highest BCUT2D eigenvalue weighted by atomic mass is 32.1. The van der Waals surface area contributed by atoms with Gasteiger partial charge in [-0.2, -0.15) is 0 Å². The van der Waals surface area contributed by atoms with E-state index >= 15 is 0 Å². The van der Waals surface area contributed by atoms with E-state index in [0.717, 1.165) is 5.56 Å². The number of amides is 1. The second-order valence-electron chi connectivity index (χ2n) is 6.69. The Balaban J connectivity index is 1.93. The number of halogens is 1. The van der Waals surface area contributed by atoms with Crippen LogP contribution in [-0.4, -0.2) is 27.0 Å². The predicted molar refractivity (Wildman–Crippen MR) is 107 cm³/mol. The smallest absolute Gasteiger partial charge is 0.301 e. The molecule has 0 aliphatic carbocycles. The van der Waals surface area contributed by atoms with E-state index in [-0.39, 0.29) is 22.0 Å². The van der Waals surface area contributed by atoms with Gasteiger partial charge in [-0.05, 0) is 43.7 Å². The summed E-state index contributed by atoms with van der Waals surface area (Å²) in [7, 11) is 0. The summed E-state index contributed by atoms with van der Waals surface area (Å²) in [6, 6.07) is 11.5. The molecule has 2 heterocycles. The molecule has 146 valence electrons. The van der Waals surface area contributed by atoms with Crippen LogP contribution in [0.3, 0.4) is 0 Å². The third-order valence-corrected chi connectivity index (χ3v) is 5.51. The highest BCUT2D eigenvalue weighted by molar-refractivity contribution is 7.15. The van der Waals surface area contributed by atoms with Gasteiger partial charge >= 0.3 is 5.91 Å². The third kappa shape index (κ3) is 3.31. The normalized spacial score (nSPS) is 18.4. The van der Waals surface area contributed by atoms with Gasteiger partial charge in [0.25, 0.3) is 5.78 Å². The second kappa shape index (κ2) is 7.21. The molecule has 1 atom stereocenters. The number of hydrogen-bond donors (Lipinski definition) is 1. The molecule has 1 aliphatic heterocycles. The van der Waals surface area contributed by atoms with Gasteiger partial charge in [0.05, 0.1) is 11.6 Å². The topological polar surface area (TPSA) is 83.4 Å². The van der Waals surface area contributed by atoms with E-state index in [2.05, 4.69) is 10.2 Å². The molecule has 1 unspecified atom stereocenters. The van der Waals surface area contributed by atoms with Crippen LogP contribution in [0.15, 0.2) is 54.1 Å². The number of ketones is 1. The number of carbonyl (C=O) groups is 2. The van der Waals surface area contributed by atoms with Gasteiger partial charge in [-0.15, -0.1) is 10.2 Å². The van der Waals surface area contributed by atoms with Crippen molar-refractivity contribution >= 4 is 33.9 Å². The number of aryl methyl sites for hydroxylation is 2. The van der Waals surface area contributed by atoms with Gasteiger partial charge in [0, 0.05) is 5.56 Å². The van der Waals surface area contributed by atoms with Crippen molar-refractivity contribution in [3.8, 4) is 0 Å². The molecule has 1 aromatic heterocycles. The fourth-order valence-corrected chi connectivity index (χ4v) is 3.95. The Hall–Kier alpha value is -3.39. The fraction of sp³-hybridized carbons (Fsp3) is 0.143. The standard InChI is InChI=1S/C21H16FN3O3S/c1-11-3-5-13(6-4-11)17-16(18(26)14-7-9-15(22)10-8-14)19(27)20(28)25(17)21-24-23-12(2)29-21/h3-10,17,26H,1-2H3/b18-16+. The van der Waals surface area contributed by atoms with E-state index in [4.69, 9.17) is 0 Å². The summed E-state index contributed by atoms with van der Waals surface area (Å²) >= 11 is 1.18. The Kier molecular flexibility index (Phi) is 4.71. The number of carbonyl (C=O) groups excluding carboxylic acids is 2. The number of hydrogen-bond acceptors (Lipinski definition) is 6. The quantitative estimate of drug-likeness (QED) is 0.403. The minimum Gasteiger partial charge on any atom is -0.507 e. The minimum absolute atomic E-state index is 0.0710. The van der Waals surface area contributed by atoms with Crippen molar-refractivity contribution in [2.75, 3.05) is 4.90 Å². The monoisotopic (exact) mass is 409 g/mol. The number of rotatable bonds is 3. The Morgan fingerprint density at radius 1 is 1.03 bits per heavy atom. The van der Waals surface area contributed by atoms with Crippen molar-refractivity contribution in [2.24, 2.45) is 0 Å².